The van der Waals surface area contributed by atoms with Gasteiger partial charge in [-0.1, -0.05) is 24.3 Å². The number of aliphatic hydroxyl groups is 1. The van der Waals surface area contributed by atoms with Crippen molar-refractivity contribution in [1.29, 1.82) is 0 Å². The van der Waals surface area contributed by atoms with Crippen LogP contribution in [0.4, 0.5) is 17.6 Å². The summed E-state index contributed by atoms with van der Waals surface area (Å²) in [4.78, 5) is 30.4. The van der Waals surface area contributed by atoms with E-state index in [0.29, 0.717) is 0 Å². The van der Waals surface area contributed by atoms with E-state index in [4.69, 9.17) is 0 Å². The zero-order valence-corrected chi connectivity index (χ0v) is 16.8. The molecule has 1 aromatic carbocycles. The van der Waals surface area contributed by atoms with E-state index in [1.165, 1.54) is 41.3 Å². The molecule has 2 N–H and O–H groups in total. The number of hydrogen-bond acceptors (Lipinski definition) is 5. The Balaban J connectivity index is 1.60. The van der Waals surface area contributed by atoms with Crippen molar-refractivity contribution in [2.45, 2.75) is 37.7 Å². The van der Waals surface area contributed by atoms with E-state index in [-0.39, 0.29) is 43.1 Å². The van der Waals surface area contributed by atoms with Gasteiger partial charge in [0.2, 0.25) is 17.7 Å². The Kier molecular flexibility index (Phi) is 7.29. The lowest BCUT2D eigenvalue weighted by atomic mass is 10.1. The molecule has 2 unspecified atom stereocenters. The molecule has 1 saturated heterocycles. The fourth-order valence-corrected chi connectivity index (χ4v) is 3.33. The van der Waals surface area contributed by atoms with Gasteiger partial charge >= 0.3 is 6.18 Å². The lowest BCUT2D eigenvalue weighted by Gasteiger charge is -2.24. The molecule has 11 heteroatoms. The van der Waals surface area contributed by atoms with Crippen molar-refractivity contribution in [3.05, 3.63) is 59.5 Å². The minimum absolute atomic E-state index is 0.0109. The Labute approximate surface area is 181 Å². The molecular weight excluding hydrogens is 434 g/mol. The zero-order valence-electron chi connectivity index (χ0n) is 16.8. The molecule has 0 bridgehead atoms. The third-order valence-electron chi connectivity index (χ3n) is 4.81. The van der Waals surface area contributed by atoms with E-state index < -0.39 is 42.6 Å². The summed E-state index contributed by atoms with van der Waals surface area (Å²) in [5.74, 6) is -1.85. The van der Waals surface area contributed by atoms with Crippen LogP contribution in [0.15, 0.2) is 42.5 Å². The Hall–Kier alpha value is -3.21. The second kappa shape index (κ2) is 9.94. The number of carbonyl (C=O) groups is 2. The van der Waals surface area contributed by atoms with Crippen molar-refractivity contribution in [3.8, 4) is 5.88 Å². The smallest absolute Gasteiger partial charge is 0.422 e. The molecule has 2 atom stereocenters. The molecule has 32 heavy (non-hydrogen) atoms. The van der Waals surface area contributed by atoms with Gasteiger partial charge in [-0.3, -0.25) is 9.59 Å². The number of carbonyl (C=O) groups excluding carboxylic acids is 2. The monoisotopic (exact) mass is 455 g/mol. The molecule has 1 aromatic heterocycles. The van der Waals surface area contributed by atoms with Gasteiger partial charge in [-0.2, -0.15) is 13.2 Å². The SMILES string of the molecule is O=C(NCc1cccc(OCC(F)(F)F)n1)C1CC(O)CN1C(=O)Cc1ccccc1F. The van der Waals surface area contributed by atoms with Crippen LogP contribution in [-0.2, 0) is 22.6 Å². The number of nitrogens with one attached hydrogen (secondary N) is 1. The highest BCUT2D eigenvalue weighted by atomic mass is 19.4. The molecule has 1 fully saturated rings. The standard InChI is InChI=1S/C21H21F4N3O4/c22-16-6-2-1-4-13(16)8-19(30)28-11-15(29)9-17(28)20(31)26-10-14-5-3-7-18(27-14)32-12-21(23,24)25/h1-7,15,17,29H,8-12H2,(H,26,31). The maximum atomic E-state index is 13.9. The van der Waals surface area contributed by atoms with Crippen LogP contribution in [0.3, 0.4) is 0 Å². The molecule has 0 spiro atoms. The average molecular weight is 455 g/mol. The Bertz CT molecular complexity index is 970. The molecule has 1 aliphatic heterocycles. The number of halogens is 4. The zero-order chi connectivity index (χ0) is 23.3. The number of benzene rings is 1. The fourth-order valence-electron chi connectivity index (χ4n) is 3.33. The third-order valence-corrected chi connectivity index (χ3v) is 4.81. The first-order valence-corrected chi connectivity index (χ1v) is 9.76. The molecule has 0 saturated carbocycles. The number of rotatable bonds is 7. The summed E-state index contributed by atoms with van der Waals surface area (Å²) >= 11 is 0. The van der Waals surface area contributed by atoms with Crippen LogP contribution in [0.5, 0.6) is 5.88 Å². The van der Waals surface area contributed by atoms with Crippen molar-refractivity contribution in [1.82, 2.24) is 15.2 Å². The first-order valence-electron chi connectivity index (χ1n) is 9.76. The van der Waals surface area contributed by atoms with Crippen molar-refractivity contribution >= 4 is 11.8 Å². The summed E-state index contributed by atoms with van der Waals surface area (Å²) < 4.78 is 55.3. The normalized spacial score (nSPS) is 18.5. The Morgan fingerprint density at radius 1 is 1.19 bits per heavy atom. The number of likely N-dealkylation sites (tertiary alicyclic amines) is 1. The van der Waals surface area contributed by atoms with Crippen LogP contribution in [-0.4, -0.2) is 58.3 Å². The number of ether oxygens (including phenoxy) is 1. The predicted octanol–water partition coefficient (Wildman–Crippen LogP) is 1.98. The molecule has 2 heterocycles. The van der Waals surface area contributed by atoms with Crippen LogP contribution in [0.1, 0.15) is 17.7 Å². The number of nitrogens with zero attached hydrogens (tertiary/aromatic N) is 2. The molecule has 1 aliphatic rings. The van der Waals surface area contributed by atoms with E-state index in [0.717, 1.165) is 0 Å². The van der Waals surface area contributed by atoms with Crippen molar-refractivity contribution < 1.29 is 37.0 Å². The molecule has 0 radical (unpaired) electrons. The molecule has 172 valence electrons. The summed E-state index contributed by atoms with van der Waals surface area (Å²) in [5, 5.41) is 12.5. The van der Waals surface area contributed by atoms with E-state index >= 15 is 0 Å². The Morgan fingerprint density at radius 2 is 1.94 bits per heavy atom. The molecular formula is C21H21F4N3O4. The number of β-amino-alcohol motifs (C(OH)–C–C–N with tert-alkyl or cyclic N) is 1. The highest BCUT2D eigenvalue weighted by Crippen LogP contribution is 2.21. The van der Waals surface area contributed by atoms with Gasteiger partial charge in [-0.15, -0.1) is 0 Å². The number of hydrogen-bond donors (Lipinski definition) is 2. The van der Waals surface area contributed by atoms with Crippen molar-refractivity contribution in [2.24, 2.45) is 0 Å². The summed E-state index contributed by atoms with van der Waals surface area (Å²) in [6.45, 7) is -1.68. The summed E-state index contributed by atoms with van der Waals surface area (Å²) in [5.41, 5.74) is 0.429. The van der Waals surface area contributed by atoms with Gasteiger partial charge < -0.3 is 20.1 Å². The number of pyridine rings is 1. The first-order chi connectivity index (χ1) is 15.1. The predicted molar refractivity (Wildman–Crippen MR) is 104 cm³/mol. The maximum absolute atomic E-state index is 13.9. The molecule has 3 rings (SSSR count). The fraction of sp³-hybridized carbons (Fsp3) is 0.381. The lowest BCUT2D eigenvalue weighted by molar-refractivity contribution is -0.154. The van der Waals surface area contributed by atoms with Gasteiger partial charge in [-0.05, 0) is 17.7 Å². The van der Waals surface area contributed by atoms with Gasteiger partial charge in [0.15, 0.2) is 6.61 Å². The van der Waals surface area contributed by atoms with Gasteiger partial charge in [0.25, 0.3) is 0 Å². The summed E-state index contributed by atoms with van der Waals surface area (Å²) in [6.07, 6.45) is -5.67. The third kappa shape index (κ3) is 6.39. The second-order valence-corrected chi connectivity index (χ2v) is 7.31. The minimum atomic E-state index is -4.51. The minimum Gasteiger partial charge on any atom is -0.468 e. The largest absolute Gasteiger partial charge is 0.468 e. The van der Waals surface area contributed by atoms with E-state index in [1.54, 1.807) is 6.07 Å². The van der Waals surface area contributed by atoms with Gasteiger partial charge in [0.05, 0.1) is 24.8 Å². The summed E-state index contributed by atoms with van der Waals surface area (Å²) in [6, 6.07) is 9.00. The number of aliphatic hydroxyl groups excluding tert-OH is 1. The van der Waals surface area contributed by atoms with E-state index in [1.807, 2.05) is 0 Å². The van der Waals surface area contributed by atoms with Crippen LogP contribution in [0.2, 0.25) is 0 Å². The highest BCUT2D eigenvalue weighted by molar-refractivity contribution is 5.89. The van der Waals surface area contributed by atoms with Crippen LogP contribution in [0, 0.1) is 5.82 Å². The number of alkyl halides is 3. The van der Waals surface area contributed by atoms with Crippen LogP contribution >= 0.6 is 0 Å². The van der Waals surface area contributed by atoms with Crippen molar-refractivity contribution in [2.75, 3.05) is 13.2 Å². The molecule has 0 aliphatic carbocycles. The van der Waals surface area contributed by atoms with Gasteiger partial charge in [0, 0.05) is 19.0 Å². The quantitative estimate of drug-likeness (QED) is 0.623. The summed E-state index contributed by atoms with van der Waals surface area (Å²) in [7, 11) is 0. The lowest BCUT2D eigenvalue weighted by Crippen LogP contribution is -2.46. The Morgan fingerprint density at radius 3 is 2.66 bits per heavy atom. The number of aromatic nitrogens is 1. The topological polar surface area (TPSA) is 91.8 Å². The van der Waals surface area contributed by atoms with Gasteiger partial charge in [0.1, 0.15) is 11.9 Å². The number of amides is 2. The van der Waals surface area contributed by atoms with Crippen LogP contribution < -0.4 is 10.1 Å². The maximum Gasteiger partial charge on any atom is 0.422 e. The first kappa shape index (κ1) is 23.5. The highest BCUT2D eigenvalue weighted by Gasteiger charge is 2.38. The molecule has 2 amide bonds. The molecule has 7 nitrogen and oxygen atoms in total. The van der Waals surface area contributed by atoms with Crippen LogP contribution in [0.25, 0.3) is 0 Å². The molecule has 2 aromatic rings. The van der Waals surface area contributed by atoms with Crippen molar-refractivity contribution in [3.63, 3.8) is 0 Å². The van der Waals surface area contributed by atoms with E-state index in [2.05, 4.69) is 15.0 Å². The second-order valence-electron chi connectivity index (χ2n) is 7.31. The van der Waals surface area contributed by atoms with Gasteiger partial charge in [-0.25, -0.2) is 9.37 Å². The average Bonchev–Trinajstić information content (AvgIpc) is 3.14. The van der Waals surface area contributed by atoms with E-state index in [9.17, 15) is 32.3 Å².